The summed E-state index contributed by atoms with van der Waals surface area (Å²) in [6.07, 6.45) is 11.2. The molecule has 9 unspecified atom stereocenters. The SMILES string of the molecule is CC(=O)OC1CCC2(C)C(CCC3C2CCC2(C)C(C(C)O)CCC32)C1. The summed E-state index contributed by atoms with van der Waals surface area (Å²) in [6, 6.07) is 0. The minimum absolute atomic E-state index is 0.115. The first-order chi connectivity index (χ1) is 12.3. The van der Waals surface area contributed by atoms with Crippen LogP contribution in [0.3, 0.4) is 0 Å². The Labute approximate surface area is 159 Å². The lowest BCUT2D eigenvalue weighted by Crippen LogP contribution is -2.54. The molecule has 4 saturated carbocycles. The third-order valence-corrected chi connectivity index (χ3v) is 9.61. The zero-order valence-corrected chi connectivity index (χ0v) is 17.2. The second kappa shape index (κ2) is 6.50. The quantitative estimate of drug-likeness (QED) is 0.706. The molecule has 0 radical (unpaired) electrons. The molecular formula is C23H38O3. The highest BCUT2D eigenvalue weighted by molar-refractivity contribution is 5.66. The molecule has 3 heteroatoms. The van der Waals surface area contributed by atoms with Crippen LogP contribution in [0.4, 0.5) is 0 Å². The maximum Gasteiger partial charge on any atom is 0.302 e. The fourth-order valence-electron chi connectivity index (χ4n) is 8.39. The molecule has 3 nitrogen and oxygen atoms in total. The molecule has 148 valence electrons. The van der Waals surface area contributed by atoms with Crippen molar-refractivity contribution < 1.29 is 14.6 Å². The Kier molecular flexibility index (Phi) is 4.69. The molecule has 0 saturated heterocycles. The zero-order valence-electron chi connectivity index (χ0n) is 17.2. The molecule has 0 aromatic heterocycles. The minimum Gasteiger partial charge on any atom is -0.463 e. The van der Waals surface area contributed by atoms with Crippen molar-refractivity contribution in [3.8, 4) is 0 Å². The van der Waals surface area contributed by atoms with Gasteiger partial charge >= 0.3 is 5.97 Å². The Morgan fingerprint density at radius 1 is 1.00 bits per heavy atom. The summed E-state index contributed by atoms with van der Waals surface area (Å²) in [5, 5.41) is 10.4. The van der Waals surface area contributed by atoms with Crippen LogP contribution in [0, 0.1) is 40.4 Å². The van der Waals surface area contributed by atoms with E-state index in [1.54, 1.807) is 6.92 Å². The van der Waals surface area contributed by atoms with Gasteiger partial charge in [0.15, 0.2) is 0 Å². The second-order valence-electron chi connectivity index (χ2n) is 10.6. The van der Waals surface area contributed by atoms with Gasteiger partial charge in [-0.15, -0.1) is 0 Å². The van der Waals surface area contributed by atoms with Crippen molar-refractivity contribution in [3.05, 3.63) is 0 Å². The normalized spacial score (nSPS) is 51.7. The number of fused-ring (bicyclic) bond motifs is 5. The topological polar surface area (TPSA) is 46.5 Å². The smallest absolute Gasteiger partial charge is 0.302 e. The lowest BCUT2D eigenvalue weighted by molar-refractivity contribution is -0.161. The summed E-state index contributed by atoms with van der Waals surface area (Å²) in [5.41, 5.74) is 0.789. The monoisotopic (exact) mass is 362 g/mol. The Hall–Kier alpha value is -0.570. The lowest BCUT2D eigenvalue weighted by atomic mass is 9.44. The van der Waals surface area contributed by atoms with Crippen LogP contribution in [0.2, 0.25) is 0 Å². The van der Waals surface area contributed by atoms with Crippen molar-refractivity contribution in [2.45, 2.75) is 97.7 Å². The van der Waals surface area contributed by atoms with Crippen LogP contribution in [0.15, 0.2) is 0 Å². The van der Waals surface area contributed by atoms with Crippen molar-refractivity contribution in [2.75, 3.05) is 0 Å². The van der Waals surface area contributed by atoms with Crippen LogP contribution in [-0.2, 0) is 9.53 Å². The van der Waals surface area contributed by atoms with Gasteiger partial charge in [-0.05, 0) is 105 Å². The third kappa shape index (κ3) is 2.75. The van der Waals surface area contributed by atoms with E-state index in [1.165, 1.54) is 44.9 Å². The number of aliphatic hydroxyl groups is 1. The average molecular weight is 363 g/mol. The number of aliphatic hydroxyl groups excluding tert-OH is 1. The van der Waals surface area contributed by atoms with E-state index in [0.29, 0.717) is 16.7 Å². The predicted octanol–water partition coefficient (Wildman–Crippen LogP) is 4.96. The first-order valence-corrected chi connectivity index (χ1v) is 11.1. The van der Waals surface area contributed by atoms with E-state index in [9.17, 15) is 9.90 Å². The fraction of sp³-hybridized carbons (Fsp3) is 0.957. The zero-order chi connectivity index (χ0) is 18.7. The van der Waals surface area contributed by atoms with Gasteiger partial charge in [0.2, 0.25) is 0 Å². The molecule has 0 bridgehead atoms. The van der Waals surface area contributed by atoms with Crippen molar-refractivity contribution in [1.29, 1.82) is 0 Å². The van der Waals surface area contributed by atoms with Gasteiger partial charge in [-0.3, -0.25) is 4.79 Å². The van der Waals surface area contributed by atoms with E-state index in [2.05, 4.69) is 13.8 Å². The maximum atomic E-state index is 11.4. The highest BCUT2D eigenvalue weighted by Gasteiger charge is 2.60. The molecule has 4 rings (SSSR count). The Balaban J connectivity index is 1.53. The lowest BCUT2D eigenvalue weighted by Gasteiger charge is -2.61. The molecule has 0 amide bonds. The summed E-state index contributed by atoms with van der Waals surface area (Å²) >= 11 is 0. The number of hydrogen-bond acceptors (Lipinski definition) is 3. The predicted molar refractivity (Wildman–Crippen MR) is 102 cm³/mol. The van der Waals surface area contributed by atoms with E-state index in [-0.39, 0.29) is 18.2 Å². The van der Waals surface area contributed by atoms with Crippen LogP contribution in [0.5, 0.6) is 0 Å². The number of esters is 1. The fourth-order valence-corrected chi connectivity index (χ4v) is 8.39. The second-order valence-corrected chi connectivity index (χ2v) is 10.6. The Morgan fingerprint density at radius 2 is 1.69 bits per heavy atom. The Morgan fingerprint density at radius 3 is 2.38 bits per heavy atom. The van der Waals surface area contributed by atoms with Gasteiger partial charge in [0.25, 0.3) is 0 Å². The number of ether oxygens (including phenoxy) is 1. The van der Waals surface area contributed by atoms with Gasteiger partial charge in [-0.2, -0.15) is 0 Å². The Bertz CT molecular complexity index is 558. The van der Waals surface area contributed by atoms with E-state index < -0.39 is 0 Å². The van der Waals surface area contributed by atoms with Crippen LogP contribution in [0.1, 0.15) is 85.5 Å². The molecule has 0 aliphatic heterocycles. The summed E-state index contributed by atoms with van der Waals surface area (Å²) < 4.78 is 5.58. The van der Waals surface area contributed by atoms with Crippen LogP contribution in [0.25, 0.3) is 0 Å². The van der Waals surface area contributed by atoms with Gasteiger partial charge in [0.05, 0.1) is 6.10 Å². The van der Waals surface area contributed by atoms with Gasteiger partial charge in [-0.1, -0.05) is 13.8 Å². The first kappa shape index (κ1) is 18.8. The number of carbonyl (C=O) groups excluding carboxylic acids is 1. The molecule has 9 atom stereocenters. The van der Waals surface area contributed by atoms with Crippen molar-refractivity contribution >= 4 is 5.97 Å². The molecule has 4 aliphatic carbocycles. The van der Waals surface area contributed by atoms with E-state index in [1.807, 2.05) is 6.92 Å². The summed E-state index contributed by atoms with van der Waals surface area (Å²) in [7, 11) is 0. The van der Waals surface area contributed by atoms with Crippen LogP contribution >= 0.6 is 0 Å². The van der Waals surface area contributed by atoms with Gasteiger partial charge in [0.1, 0.15) is 6.10 Å². The van der Waals surface area contributed by atoms with Gasteiger partial charge in [-0.25, -0.2) is 0 Å². The minimum atomic E-state index is -0.160. The molecule has 1 N–H and O–H groups in total. The third-order valence-electron chi connectivity index (χ3n) is 9.61. The summed E-state index contributed by atoms with van der Waals surface area (Å²) in [6.45, 7) is 8.61. The largest absolute Gasteiger partial charge is 0.463 e. The molecule has 0 aromatic carbocycles. The van der Waals surface area contributed by atoms with Crippen molar-refractivity contribution in [1.82, 2.24) is 0 Å². The maximum absolute atomic E-state index is 11.4. The van der Waals surface area contributed by atoms with E-state index in [4.69, 9.17) is 4.74 Å². The van der Waals surface area contributed by atoms with Crippen LogP contribution < -0.4 is 0 Å². The molecular weight excluding hydrogens is 324 g/mol. The molecule has 4 fully saturated rings. The van der Waals surface area contributed by atoms with Crippen molar-refractivity contribution in [3.63, 3.8) is 0 Å². The first-order valence-electron chi connectivity index (χ1n) is 11.1. The molecule has 0 aromatic rings. The van der Waals surface area contributed by atoms with Gasteiger partial charge < -0.3 is 9.84 Å². The van der Waals surface area contributed by atoms with Crippen LogP contribution in [-0.4, -0.2) is 23.3 Å². The summed E-state index contributed by atoms with van der Waals surface area (Å²) in [4.78, 5) is 11.4. The van der Waals surface area contributed by atoms with Gasteiger partial charge in [0, 0.05) is 6.92 Å². The standard InChI is InChI=1S/C23H38O3/c1-14(24)19-7-8-20-18-6-5-16-13-17(26-15(2)25)9-11-22(16,3)21(18)10-12-23(19,20)4/h14,16-21,24H,5-13H2,1-4H3. The molecule has 26 heavy (non-hydrogen) atoms. The highest BCUT2D eigenvalue weighted by Crippen LogP contribution is 2.67. The van der Waals surface area contributed by atoms with Crippen molar-refractivity contribution in [2.24, 2.45) is 40.4 Å². The van der Waals surface area contributed by atoms with E-state index in [0.717, 1.165) is 36.5 Å². The average Bonchev–Trinajstić information content (AvgIpc) is 2.92. The number of hydrogen-bond donors (Lipinski definition) is 1. The molecule has 0 spiro atoms. The summed E-state index contributed by atoms with van der Waals surface area (Å²) in [5.74, 6) is 3.61. The number of rotatable bonds is 2. The highest BCUT2D eigenvalue weighted by atomic mass is 16.5. The number of carbonyl (C=O) groups is 1. The molecule has 4 aliphatic rings. The van der Waals surface area contributed by atoms with E-state index >= 15 is 0 Å². The molecule has 0 heterocycles.